The molecule has 0 aromatic carbocycles. The lowest BCUT2D eigenvalue weighted by Crippen LogP contribution is -2.31. The van der Waals surface area contributed by atoms with Gasteiger partial charge in [0.05, 0.1) is 0 Å². The van der Waals surface area contributed by atoms with Crippen LogP contribution in [0.1, 0.15) is 126 Å². The third-order valence-corrected chi connectivity index (χ3v) is 6.11. The average Bonchev–Trinajstić information content (AvgIpc) is 2.60. The van der Waals surface area contributed by atoms with Crippen LogP contribution in [0, 0.1) is 23.7 Å². The molecule has 1 nitrogen and oxygen atoms in total. The first-order valence-electron chi connectivity index (χ1n) is 12.6. The molecule has 0 aliphatic heterocycles. The highest BCUT2D eigenvalue weighted by Gasteiger charge is 2.13. The quantitative estimate of drug-likeness (QED) is 0.202. The summed E-state index contributed by atoms with van der Waals surface area (Å²) in [6, 6.07) is 0. The zero-order valence-electron chi connectivity index (χ0n) is 20.4. The molecule has 0 saturated heterocycles. The molecule has 0 saturated carbocycles. The van der Waals surface area contributed by atoms with E-state index in [4.69, 9.17) is 0 Å². The van der Waals surface area contributed by atoms with Crippen molar-refractivity contribution in [3.05, 3.63) is 0 Å². The summed E-state index contributed by atoms with van der Waals surface area (Å²) in [5.41, 5.74) is 0. The van der Waals surface area contributed by atoms with Gasteiger partial charge in [-0.15, -0.1) is 0 Å². The molecule has 0 fully saturated rings. The SMILES string of the molecule is CCCCC(CC)CN(CCCCCC(C)C)CCCCC(C)CC(C)C. The van der Waals surface area contributed by atoms with Gasteiger partial charge in [-0.25, -0.2) is 0 Å². The third kappa shape index (κ3) is 17.8. The maximum Gasteiger partial charge on any atom is 0.000955 e. The number of unbranched alkanes of at least 4 members (excludes halogenated alkanes) is 4. The van der Waals surface area contributed by atoms with Gasteiger partial charge in [-0.3, -0.25) is 0 Å². The van der Waals surface area contributed by atoms with Crippen molar-refractivity contribution in [1.29, 1.82) is 0 Å². The van der Waals surface area contributed by atoms with Gasteiger partial charge >= 0.3 is 0 Å². The van der Waals surface area contributed by atoms with Crippen LogP contribution in [-0.4, -0.2) is 24.5 Å². The van der Waals surface area contributed by atoms with E-state index in [1.165, 1.54) is 96.7 Å². The molecule has 1 heteroatoms. The Labute approximate surface area is 174 Å². The molecule has 0 aromatic heterocycles. The van der Waals surface area contributed by atoms with Gasteiger partial charge in [-0.05, 0) is 62.4 Å². The standard InChI is InChI=1S/C26H55N/c1-8-10-18-26(9-2)22-27(19-14-11-12-16-23(3)4)20-15-13-17-25(7)21-24(5)6/h23-26H,8-22H2,1-7H3. The molecule has 0 aliphatic rings. The minimum Gasteiger partial charge on any atom is -0.303 e. The van der Waals surface area contributed by atoms with Crippen LogP contribution >= 0.6 is 0 Å². The van der Waals surface area contributed by atoms with E-state index in [-0.39, 0.29) is 0 Å². The smallest absolute Gasteiger partial charge is 0.000955 e. The summed E-state index contributed by atoms with van der Waals surface area (Å²) in [5.74, 6) is 3.54. The number of hydrogen-bond acceptors (Lipinski definition) is 1. The molecule has 0 spiro atoms. The first-order chi connectivity index (χ1) is 12.9. The molecular weight excluding hydrogens is 326 g/mol. The van der Waals surface area contributed by atoms with Crippen LogP contribution in [0.2, 0.25) is 0 Å². The predicted molar refractivity (Wildman–Crippen MR) is 126 cm³/mol. The van der Waals surface area contributed by atoms with Crippen molar-refractivity contribution in [1.82, 2.24) is 4.90 Å². The summed E-state index contributed by atoms with van der Waals surface area (Å²) < 4.78 is 0. The summed E-state index contributed by atoms with van der Waals surface area (Å²) in [6.45, 7) is 20.6. The average molecular weight is 382 g/mol. The van der Waals surface area contributed by atoms with Crippen LogP contribution in [-0.2, 0) is 0 Å². The molecule has 0 radical (unpaired) electrons. The first kappa shape index (κ1) is 27.0. The molecule has 0 heterocycles. The minimum atomic E-state index is 0.853. The second kappa shape index (κ2) is 18.0. The maximum atomic E-state index is 2.83. The van der Waals surface area contributed by atoms with Crippen molar-refractivity contribution in [2.24, 2.45) is 23.7 Å². The molecular formula is C26H55N. The number of nitrogens with zero attached hydrogens (tertiary/aromatic N) is 1. The van der Waals surface area contributed by atoms with Crippen molar-refractivity contribution in [3.8, 4) is 0 Å². The Hall–Kier alpha value is -0.0400. The zero-order valence-corrected chi connectivity index (χ0v) is 20.4. The summed E-state index contributed by atoms with van der Waals surface area (Å²) in [5, 5.41) is 0. The van der Waals surface area contributed by atoms with Crippen LogP contribution in [0.3, 0.4) is 0 Å². The van der Waals surface area contributed by atoms with E-state index < -0.39 is 0 Å². The van der Waals surface area contributed by atoms with Gasteiger partial charge in [0, 0.05) is 6.54 Å². The summed E-state index contributed by atoms with van der Waals surface area (Å²) >= 11 is 0. The van der Waals surface area contributed by atoms with Crippen molar-refractivity contribution < 1.29 is 0 Å². The van der Waals surface area contributed by atoms with Crippen molar-refractivity contribution >= 4 is 0 Å². The molecule has 0 rings (SSSR count). The third-order valence-electron chi connectivity index (χ3n) is 6.11. The van der Waals surface area contributed by atoms with E-state index >= 15 is 0 Å². The van der Waals surface area contributed by atoms with E-state index in [1.807, 2.05) is 0 Å². The van der Waals surface area contributed by atoms with Crippen LogP contribution < -0.4 is 0 Å². The van der Waals surface area contributed by atoms with Gasteiger partial charge < -0.3 is 4.90 Å². The predicted octanol–water partition coefficient (Wildman–Crippen LogP) is 8.57. The minimum absolute atomic E-state index is 0.853. The second-order valence-electron chi connectivity index (χ2n) is 10.2. The number of hydrogen-bond donors (Lipinski definition) is 0. The van der Waals surface area contributed by atoms with Gasteiger partial charge in [-0.2, -0.15) is 0 Å². The second-order valence-corrected chi connectivity index (χ2v) is 10.2. The highest BCUT2D eigenvalue weighted by Crippen LogP contribution is 2.19. The largest absolute Gasteiger partial charge is 0.303 e. The Morgan fingerprint density at radius 3 is 1.81 bits per heavy atom. The normalized spacial score (nSPS) is 14.4. The van der Waals surface area contributed by atoms with Gasteiger partial charge in [0.15, 0.2) is 0 Å². The highest BCUT2D eigenvalue weighted by atomic mass is 15.1. The molecule has 0 aliphatic carbocycles. The molecule has 2 atom stereocenters. The fourth-order valence-electron chi connectivity index (χ4n) is 4.39. The van der Waals surface area contributed by atoms with Crippen molar-refractivity contribution in [2.45, 2.75) is 126 Å². The monoisotopic (exact) mass is 381 g/mol. The van der Waals surface area contributed by atoms with E-state index in [1.54, 1.807) is 0 Å². The molecule has 0 amide bonds. The van der Waals surface area contributed by atoms with Crippen LogP contribution in [0.15, 0.2) is 0 Å². The van der Waals surface area contributed by atoms with Crippen LogP contribution in [0.25, 0.3) is 0 Å². The van der Waals surface area contributed by atoms with Gasteiger partial charge in [0.25, 0.3) is 0 Å². The van der Waals surface area contributed by atoms with E-state index in [2.05, 4.69) is 53.4 Å². The molecule has 27 heavy (non-hydrogen) atoms. The summed E-state index contributed by atoms with van der Waals surface area (Å²) in [6.07, 6.45) is 16.8. The molecule has 0 N–H and O–H groups in total. The molecule has 0 bridgehead atoms. The van der Waals surface area contributed by atoms with Crippen molar-refractivity contribution in [3.63, 3.8) is 0 Å². The Morgan fingerprint density at radius 1 is 0.630 bits per heavy atom. The number of rotatable bonds is 19. The summed E-state index contributed by atoms with van der Waals surface area (Å²) in [4.78, 5) is 2.83. The zero-order chi connectivity index (χ0) is 20.5. The molecule has 0 aromatic rings. The lowest BCUT2D eigenvalue weighted by atomic mass is 9.94. The van der Waals surface area contributed by atoms with Gasteiger partial charge in [-0.1, -0.05) is 99.8 Å². The fraction of sp³-hybridized carbons (Fsp3) is 1.00. The van der Waals surface area contributed by atoms with E-state index in [0.29, 0.717) is 0 Å². The Morgan fingerprint density at radius 2 is 1.26 bits per heavy atom. The van der Waals surface area contributed by atoms with Crippen LogP contribution in [0.5, 0.6) is 0 Å². The summed E-state index contributed by atoms with van der Waals surface area (Å²) in [7, 11) is 0. The lowest BCUT2D eigenvalue weighted by Gasteiger charge is -2.27. The maximum absolute atomic E-state index is 2.83. The Balaban J connectivity index is 4.24. The Kier molecular flexibility index (Phi) is 18.0. The van der Waals surface area contributed by atoms with Gasteiger partial charge in [0.2, 0.25) is 0 Å². The van der Waals surface area contributed by atoms with Crippen LogP contribution in [0.4, 0.5) is 0 Å². The van der Waals surface area contributed by atoms with Gasteiger partial charge in [0.1, 0.15) is 0 Å². The first-order valence-corrected chi connectivity index (χ1v) is 12.6. The highest BCUT2D eigenvalue weighted by molar-refractivity contribution is 4.67. The van der Waals surface area contributed by atoms with E-state index in [9.17, 15) is 0 Å². The molecule has 2 unspecified atom stereocenters. The fourth-order valence-corrected chi connectivity index (χ4v) is 4.39. The molecule has 164 valence electrons. The topological polar surface area (TPSA) is 3.24 Å². The Bertz CT molecular complexity index is 297. The van der Waals surface area contributed by atoms with E-state index in [0.717, 1.165) is 23.7 Å². The van der Waals surface area contributed by atoms with Crippen molar-refractivity contribution in [2.75, 3.05) is 19.6 Å². The lowest BCUT2D eigenvalue weighted by molar-refractivity contribution is 0.208.